The fourth-order valence-electron chi connectivity index (χ4n) is 3.80. The molecule has 0 radical (unpaired) electrons. The number of hydrogen-bond donors (Lipinski definition) is 0. The zero-order valence-electron chi connectivity index (χ0n) is 19.4. The number of aromatic nitrogens is 3. The van der Waals surface area contributed by atoms with Crippen molar-refractivity contribution in [2.45, 2.75) is 88.2 Å². The standard InChI is InChI=1S/C21H32ClN3O4SSi/c1-20(2,3)31(7,8)26-11-13-14-15(29-21(4,5)28-14)18(27-13)25-10-9-12-16(22)23-19(30-6)24-17(12)25/h9-10,13-15,18H,11H2,1-8H3/t13-,14-,15-,18+/m1/s1. The van der Waals surface area contributed by atoms with Crippen LogP contribution in [0.5, 0.6) is 0 Å². The third-order valence-corrected chi connectivity index (χ3v) is 11.8. The van der Waals surface area contributed by atoms with E-state index < -0.39 is 20.3 Å². The molecule has 2 aromatic heterocycles. The van der Waals surface area contributed by atoms with Crippen LogP contribution >= 0.6 is 23.4 Å². The maximum absolute atomic E-state index is 6.50. The molecule has 2 fully saturated rings. The predicted octanol–water partition coefficient (Wildman–Crippen LogP) is 5.25. The van der Waals surface area contributed by atoms with E-state index in [1.165, 1.54) is 11.8 Å². The van der Waals surface area contributed by atoms with E-state index in [-0.39, 0.29) is 23.4 Å². The summed E-state index contributed by atoms with van der Waals surface area (Å²) in [6, 6.07) is 1.92. The summed E-state index contributed by atoms with van der Waals surface area (Å²) in [4.78, 5) is 9.02. The lowest BCUT2D eigenvalue weighted by Crippen LogP contribution is -2.44. The Bertz CT molecular complexity index is 977. The Morgan fingerprint density at radius 2 is 1.90 bits per heavy atom. The second kappa shape index (κ2) is 7.97. The van der Waals surface area contributed by atoms with Crippen LogP contribution in [0.15, 0.2) is 17.4 Å². The maximum Gasteiger partial charge on any atom is 0.192 e. The third-order valence-electron chi connectivity index (χ3n) is 6.50. The zero-order valence-corrected chi connectivity index (χ0v) is 22.0. The van der Waals surface area contributed by atoms with Crippen molar-refractivity contribution in [1.82, 2.24) is 14.5 Å². The molecule has 172 valence electrons. The van der Waals surface area contributed by atoms with Gasteiger partial charge in [-0.2, -0.15) is 0 Å². The molecule has 10 heteroatoms. The first-order valence-corrected chi connectivity index (χ1v) is 15.1. The first-order valence-electron chi connectivity index (χ1n) is 10.6. The van der Waals surface area contributed by atoms with E-state index in [1.54, 1.807) is 0 Å². The van der Waals surface area contributed by atoms with Crippen molar-refractivity contribution >= 4 is 42.7 Å². The van der Waals surface area contributed by atoms with E-state index in [1.807, 2.05) is 36.9 Å². The lowest BCUT2D eigenvalue weighted by Gasteiger charge is -2.37. The fourth-order valence-corrected chi connectivity index (χ4v) is 5.45. The van der Waals surface area contributed by atoms with Crippen molar-refractivity contribution in [2.75, 3.05) is 12.9 Å². The van der Waals surface area contributed by atoms with Gasteiger partial charge in [0.25, 0.3) is 0 Å². The number of ether oxygens (including phenoxy) is 3. The summed E-state index contributed by atoms with van der Waals surface area (Å²) in [5.41, 5.74) is 0.729. The highest BCUT2D eigenvalue weighted by Gasteiger charge is 2.56. The Balaban J connectivity index is 1.65. The van der Waals surface area contributed by atoms with Crippen LogP contribution in [0.2, 0.25) is 23.3 Å². The highest BCUT2D eigenvalue weighted by atomic mass is 35.5. The van der Waals surface area contributed by atoms with Gasteiger partial charge in [0.2, 0.25) is 0 Å². The van der Waals surface area contributed by atoms with Gasteiger partial charge in [-0.3, -0.25) is 0 Å². The van der Waals surface area contributed by atoms with Gasteiger partial charge in [0.15, 0.2) is 25.5 Å². The van der Waals surface area contributed by atoms with E-state index in [9.17, 15) is 0 Å². The summed E-state index contributed by atoms with van der Waals surface area (Å²) >= 11 is 7.85. The van der Waals surface area contributed by atoms with Crippen LogP contribution in [-0.4, -0.2) is 59.8 Å². The average Bonchev–Trinajstić information content (AvgIpc) is 3.30. The van der Waals surface area contributed by atoms with Crippen LogP contribution in [0.4, 0.5) is 0 Å². The molecular weight excluding hydrogens is 454 g/mol. The molecule has 0 aliphatic carbocycles. The van der Waals surface area contributed by atoms with Crippen molar-refractivity contribution in [2.24, 2.45) is 0 Å². The molecule has 2 aliphatic heterocycles. The van der Waals surface area contributed by atoms with Crippen molar-refractivity contribution in [3.8, 4) is 0 Å². The lowest BCUT2D eigenvalue weighted by molar-refractivity contribution is -0.199. The second-order valence-corrected chi connectivity index (χ2v) is 16.1. The Hall–Kier alpha value is -0.683. The first kappa shape index (κ1) is 23.5. The molecular formula is C21H32ClN3O4SSi. The van der Waals surface area contributed by atoms with Gasteiger partial charge in [-0.05, 0) is 44.3 Å². The predicted molar refractivity (Wildman–Crippen MR) is 125 cm³/mol. The zero-order chi connectivity index (χ0) is 22.8. The Labute approximate surface area is 194 Å². The molecule has 4 heterocycles. The lowest BCUT2D eigenvalue weighted by atomic mass is 10.1. The van der Waals surface area contributed by atoms with Gasteiger partial charge < -0.3 is 23.2 Å². The number of fused-ring (bicyclic) bond motifs is 2. The van der Waals surface area contributed by atoms with Crippen LogP contribution in [0.1, 0.15) is 40.8 Å². The van der Waals surface area contributed by atoms with E-state index in [0.29, 0.717) is 16.9 Å². The molecule has 7 nitrogen and oxygen atoms in total. The molecule has 0 saturated carbocycles. The molecule has 2 aromatic rings. The van der Waals surface area contributed by atoms with Gasteiger partial charge in [-0.15, -0.1) is 0 Å². The van der Waals surface area contributed by atoms with Gasteiger partial charge in [0.05, 0.1) is 12.0 Å². The highest BCUT2D eigenvalue weighted by molar-refractivity contribution is 7.98. The molecule has 0 N–H and O–H groups in total. The van der Waals surface area contributed by atoms with Crippen LogP contribution in [0.25, 0.3) is 11.0 Å². The number of halogens is 1. The quantitative estimate of drug-likeness (QED) is 0.248. The van der Waals surface area contributed by atoms with Crippen LogP contribution in [0.3, 0.4) is 0 Å². The van der Waals surface area contributed by atoms with E-state index in [4.69, 9.17) is 30.2 Å². The van der Waals surface area contributed by atoms with Crippen molar-refractivity contribution < 1.29 is 18.6 Å². The monoisotopic (exact) mass is 485 g/mol. The largest absolute Gasteiger partial charge is 0.414 e. The van der Waals surface area contributed by atoms with E-state index in [2.05, 4.69) is 43.8 Å². The number of rotatable bonds is 5. The summed E-state index contributed by atoms with van der Waals surface area (Å²) < 4.78 is 27.5. The van der Waals surface area contributed by atoms with Crippen molar-refractivity contribution in [3.05, 3.63) is 17.4 Å². The highest BCUT2D eigenvalue weighted by Crippen LogP contribution is 2.45. The Kier molecular flexibility index (Phi) is 6.03. The second-order valence-electron chi connectivity index (χ2n) is 10.2. The molecule has 4 rings (SSSR count). The molecule has 2 saturated heterocycles. The molecule has 0 amide bonds. The molecule has 2 aliphatic rings. The van der Waals surface area contributed by atoms with E-state index >= 15 is 0 Å². The van der Waals surface area contributed by atoms with Crippen molar-refractivity contribution in [3.63, 3.8) is 0 Å². The summed E-state index contributed by atoms with van der Waals surface area (Å²) in [7, 11) is -1.93. The van der Waals surface area contributed by atoms with Crippen molar-refractivity contribution in [1.29, 1.82) is 0 Å². The van der Waals surface area contributed by atoms with Crippen LogP contribution < -0.4 is 0 Å². The molecule has 31 heavy (non-hydrogen) atoms. The van der Waals surface area contributed by atoms with Gasteiger partial charge >= 0.3 is 0 Å². The molecule has 0 unspecified atom stereocenters. The number of nitrogens with zero attached hydrogens (tertiary/aromatic N) is 3. The average molecular weight is 486 g/mol. The molecule has 0 aromatic carbocycles. The molecule has 0 spiro atoms. The first-order chi connectivity index (χ1) is 14.3. The van der Waals surface area contributed by atoms with Gasteiger partial charge in [-0.1, -0.05) is 44.1 Å². The minimum atomic E-state index is -1.93. The summed E-state index contributed by atoms with van der Waals surface area (Å²) in [5.74, 6) is -0.688. The fraction of sp³-hybridized carbons (Fsp3) is 0.714. The van der Waals surface area contributed by atoms with Crippen LogP contribution in [0, 0.1) is 0 Å². The molecule has 0 bridgehead atoms. The van der Waals surface area contributed by atoms with Crippen LogP contribution in [-0.2, 0) is 18.6 Å². The van der Waals surface area contributed by atoms with Gasteiger partial charge in [0, 0.05) is 6.20 Å². The normalized spacial score (nSPS) is 28.4. The Morgan fingerprint density at radius 1 is 1.23 bits per heavy atom. The molecule has 4 atom stereocenters. The number of hydrogen-bond acceptors (Lipinski definition) is 7. The summed E-state index contributed by atoms with van der Waals surface area (Å²) in [6.07, 6.45) is 2.74. The minimum Gasteiger partial charge on any atom is -0.414 e. The van der Waals surface area contributed by atoms with Gasteiger partial charge in [0.1, 0.15) is 29.1 Å². The van der Waals surface area contributed by atoms with Gasteiger partial charge in [-0.25, -0.2) is 9.97 Å². The SMILES string of the molecule is CSc1nc(Cl)c2ccn([C@H]3O[C@H](CO[Si](C)(C)C(C)(C)C)[C@H]4OC(C)(C)O[C@H]43)c2n1. The topological polar surface area (TPSA) is 67.6 Å². The Morgan fingerprint density at radius 3 is 2.55 bits per heavy atom. The summed E-state index contributed by atoms with van der Waals surface area (Å²) in [6.45, 7) is 15.5. The number of thioether (sulfide) groups is 1. The minimum absolute atomic E-state index is 0.120. The smallest absolute Gasteiger partial charge is 0.192 e. The van der Waals surface area contributed by atoms with E-state index in [0.717, 1.165) is 11.0 Å². The summed E-state index contributed by atoms with van der Waals surface area (Å²) in [5, 5.41) is 1.96. The third kappa shape index (κ3) is 4.30. The maximum atomic E-state index is 6.50.